The molecule has 252 valence electrons. The zero-order chi connectivity index (χ0) is 33.2. The van der Waals surface area contributed by atoms with Crippen LogP contribution in [0.3, 0.4) is 0 Å². The molecule has 47 heavy (non-hydrogen) atoms. The van der Waals surface area contributed by atoms with Gasteiger partial charge < -0.3 is 29.9 Å². The van der Waals surface area contributed by atoms with Crippen LogP contribution in [0.1, 0.15) is 86.0 Å². The van der Waals surface area contributed by atoms with Crippen LogP contribution >= 0.6 is 11.6 Å². The summed E-state index contributed by atoms with van der Waals surface area (Å²) in [7, 11) is 0. The number of benzene rings is 3. The zero-order valence-electron chi connectivity index (χ0n) is 26.4. The number of hydrogen-bond acceptors (Lipinski definition) is 8. The molecule has 5 rings (SSSR count). The highest BCUT2D eigenvalue weighted by Crippen LogP contribution is 2.39. The number of nitrogens with zero attached hydrogens (tertiary/aromatic N) is 1. The number of carbonyl (C=O) groups excluding carboxylic acids is 2. The number of unbranched alkanes of at least 4 members (excludes halogenated alkanes) is 2. The van der Waals surface area contributed by atoms with Gasteiger partial charge in [0.1, 0.15) is 0 Å². The molecule has 2 aliphatic rings. The smallest absolute Gasteiger partial charge is 0.243 e. The number of rotatable bonds is 13. The van der Waals surface area contributed by atoms with Crippen molar-refractivity contribution < 1.29 is 34.5 Å². The van der Waals surface area contributed by atoms with Gasteiger partial charge in [-0.3, -0.25) is 14.8 Å². The van der Waals surface area contributed by atoms with Gasteiger partial charge >= 0.3 is 0 Å². The third-order valence-corrected chi connectivity index (χ3v) is 9.29. The molecule has 5 N–H and O–H groups in total. The number of hydrogen-bond donors (Lipinski definition) is 5. The average molecular weight is 666 g/mol. The molecule has 0 aromatic heterocycles. The molecule has 2 fully saturated rings. The van der Waals surface area contributed by atoms with Crippen LogP contribution in [-0.4, -0.2) is 57.9 Å². The van der Waals surface area contributed by atoms with Crippen molar-refractivity contribution in [2.45, 2.75) is 82.1 Å². The van der Waals surface area contributed by atoms with E-state index in [1.165, 1.54) is 0 Å². The first kappa shape index (κ1) is 35.0. The fraction of sp³-hybridized carbons (Fsp3) is 0.444. The van der Waals surface area contributed by atoms with Gasteiger partial charge in [-0.25, -0.2) is 5.48 Å². The molecule has 3 atom stereocenters. The number of carbonyl (C=O) groups is 2. The Hall–Kier alpha value is -3.35. The number of aliphatic hydroxyl groups is 2. The van der Waals surface area contributed by atoms with E-state index in [0.29, 0.717) is 62.2 Å². The number of anilines is 1. The van der Waals surface area contributed by atoms with Gasteiger partial charge in [0.05, 0.1) is 24.4 Å². The Kier molecular flexibility index (Phi) is 12.4. The summed E-state index contributed by atoms with van der Waals surface area (Å²) in [5, 5.41) is 33.0. The first-order valence-corrected chi connectivity index (χ1v) is 16.7. The topological polar surface area (TPSA) is 141 Å². The van der Waals surface area contributed by atoms with E-state index in [4.69, 9.17) is 26.3 Å². The molecule has 0 aliphatic carbocycles. The lowest BCUT2D eigenvalue weighted by Crippen LogP contribution is -2.46. The molecule has 11 heteroatoms. The third kappa shape index (κ3) is 9.84. The molecule has 0 saturated carbocycles. The summed E-state index contributed by atoms with van der Waals surface area (Å²) in [5.74, 6) is -0.530. The van der Waals surface area contributed by atoms with Crippen molar-refractivity contribution in [2.75, 3.05) is 25.0 Å². The first-order valence-electron chi connectivity index (χ1n) is 16.3. The molecule has 10 nitrogen and oxygen atoms in total. The molecule has 2 saturated heterocycles. The molecule has 2 amide bonds. The lowest BCUT2D eigenvalue weighted by Gasteiger charge is -2.42. The monoisotopic (exact) mass is 665 g/mol. The van der Waals surface area contributed by atoms with Gasteiger partial charge in [-0.15, -0.1) is 0 Å². The summed E-state index contributed by atoms with van der Waals surface area (Å²) in [6.07, 6.45) is 3.45. The van der Waals surface area contributed by atoms with Gasteiger partial charge in [-0.1, -0.05) is 66.6 Å². The largest absolute Gasteiger partial charge is 0.392 e. The second-order valence-electron chi connectivity index (χ2n) is 12.5. The van der Waals surface area contributed by atoms with Crippen LogP contribution in [0, 0.1) is 0 Å². The Labute approximate surface area is 280 Å². The standard InChI is InChI=1S/C36H44ClN3O7/c37-29-14-12-28(13-15-29)36(44)18-20-40(21-19-36)23-31-22-32(26-8-6-25(24-41)7-9-26)47-35(46-31)27-10-16-30(17-11-27)38-33(42)4-2-1-3-5-34(43)39-45/h6-17,31-32,35,41,44-45H,1-5,18-24H2,(H,38,42)(H,39,43)/t31-,32+,35+/m0/s1. The number of ether oxygens (including phenoxy) is 2. The Morgan fingerprint density at radius 3 is 2.13 bits per heavy atom. The number of hydroxylamine groups is 1. The quantitative estimate of drug-likeness (QED) is 0.0883. The van der Waals surface area contributed by atoms with Crippen LogP contribution < -0.4 is 10.8 Å². The molecular weight excluding hydrogens is 622 g/mol. The molecule has 2 aliphatic heterocycles. The Morgan fingerprint density at radius 2 is 1.49 bits per heavy atom. The van der Waals surface area contributed by atoms with Gasteiger partial charge in [0.2, 0.25) is 11.8 Å². The maximum atomic E-state index is 12.4. The SMILES string of the molecule is O=C(CCCCCC(=O)Nc1ccc([C@@H]2O[C@H](CN3CCC(O)(c4ccc(Cl)cc4)CC3)C[C@H](c3ccc(CO)cc3)O2)cc1)NO. The minimum Gasteiger partial charge on any atom is -0.392 e. The number of piperidine rings is 1. The lowest BCUT2D eigenvalue weighted by molar-refractivity contribution is -0.253. The van der Waals surface area contributed by atoms with Crippen LogP contribution in [0.4, 0.5) is 5.69 Å². The Morgan fingerprint density at radius 1 is 0.851 bits per heavy atom. The number of nitrogens with one attached hydrogen (secondary N) is 2. The Bertz CT molecular complexity index is 1440. The van der Waals surface area contributed by atoms with Crippen molar-refractivity contribution in [1.82, 2.24) is 10.4 Å². The van der Waals surface area contributed by atoms with E-state index in [-0.39, 0.29) is 31.1 Å². The van der Waals surface area contributed by atoms with E-state index in [9.17, 15) is 19.8 Å². The van der Waals surface area contributed by atoms with Gasteiger partial charge in [-0.05, 0) is 66.6 Å². The summed E-state index contributed by atoms with van der Waals surface area (Å²) in [6, 6.07) is 22.7. The highest BCUT2D eigenvalue weighted by Gasteiger charge is 2.37. The third-order valence-electron chi connectivity index (χ3n) is 9.04. The van der Waals surface area contributed by atoms with Crippen molar-refractivity contribution in [3.05, 3.63) is 100 Å². The summed E-state index contributed by atoms with van der Waals surface area (Å²) in [6.45, 7) is 2.13. The minimum atomic E-state index is -0.882. The summed E-state index contributed by atoms with van der Waals surface area (Å²) in [4.78, 5) is 25.9. The molecular formula is C36H44ClN3O7. The fourth-order valence-corrected chi connectivity index (χ4v) is 6.35. The van der Waals surface area contributed by atoms with Crippen molar-refractivity contribution in [2.24, 2.45) is 0 Å². The summed E-state index contributed by atoms with van der Waals surface area (Å²) in [5.41, 5.74) is 4.97. The van der Waals surface area contributed by atoms with E-state index in [1.807, 2.05) is 72.8 Å². The maximum absolute atomic E-state index is 12.4. The van der Waals surface area contributed by atoms with E-state index < -0.39 is 17.8 Å². The summed E-state index contributed by atoms with van der Waals surface area (Å²) >= 11 is 6.06. The summed E-state index contributed by atoms with van der Waals surface area (Å²) < 4.78 is 13.0. The van der Waals surface area contributed by atoms with E-state index >= 15 is 0 Å². The minimum absolute atomic E-state index is 0.0241. The normalized spacial score (nSPS) is 21.2. The van der Waals surface area contributed by atoms with Gasteiger partial charge in [0, 0.05) is 55.2 Å². The van der Waals surface area contributed by atoms with Gasteiger partial charge in [-0.2, -0.15) is 0 Å². The molecule has 0 radical (unpaired) electrons. The molecule has 3 aromatic rings. The molecule has 0 unspecified atom stereocenters. The number of likely N-dealkylation sites (tertiary alicyclic amines) is 1. The highest BCUT2D eigenvalue weighted by molar-refractivity contribution is 6.30. The maximum Gasteiger partial charge on any atom is 0.243 e. The van der Waals surface area contributed by atoms with Gasteiger partial charge in [0.15, 0.2) is 6.29 Å². The van der Waals surface area contributed by atoms with Crippen molar-refractivity contribution in [3.63, 3.8) is 0 Å². The molecule has 0 bridgehead atoms. The second kappa shape index (κ2) is 16.7. The molecule has 2 heterocycles. The van der Waals surface area contributed by atoms with Crippen molar-refractivity contribution in [1.29, 1.82) is 0 Å². The van der Waals surface area contributed by atoms with Gasteiger partial charge in [0.25, 0.3) is 0 Å². The van der Waals surface area contributed by atoms with E-state index in [0.717, 1.165) is 35.3 Å². The fourth-order valence-electron chi connectivity index (χ4n) is 6.23. The number of aliphatic hydroxyl groups excluding tert-OH is 1. The zero-order valence-corrected chi connectivity index (χ0v) is 27.2. The van der Waals surface area contributed by atoms with Crippen LogP contribution in [0.15, 0.2) is 72.8 Å². The Balaban J connectivity index is 1.20. The predicted octanol–water partition coefficient (Wildman–Crippen LogP) is 5.76. The van der Waals surface area contributed by atoms with Crippen LogP contribution in [0.25, 0.3) is 0 Å². The van der Waals surface area contributed by atoms with E-state index in [1.54, 1.807) is 5.48 Å². The van der Waals surface area contributed by atoms with Crippen LogP contribution in [0.5, 0.6) is 0 Å². The number of amides is 2. The predicted molar refractivity (Wildman–Crippen MR) is 178 cm³/mol. The van der Waals surface area contributed by atoms with Crippen molar-refractivity contribution in [3.8, 4) is 0 Å². The molecule has 0 spiro atoms. The lowest BCUT2D eigenvalue weighted by atomic mass is 9.84. The number of halogens is 1. The van der Waals surface area contributed by atoms with Crippen LogP contribution in [-0.2, 0) is 31.3 Å². The highest BCUT2D eigenvalue weighted by atomic mass is 35.5. The van der Waals surface area contributed by atoms with Crippen molar-refractivity contribution >= 4 is 29.1 Å². The molecule has 3 aromatic carbocycles. The van der Waals surface area contributed by atoms with E-state index in [2.05, 4.69) is 10.2 Å². The first-order chi connectivity index (χ1) is 22.7. The average Bonchev–Trinajstić information content (AvgIpc) is 3.09. The second-order valence-corrected chi connectivity index (χ2v) is 12.9. The van der Waals surface area contributed by atoms with Crippen LogP contribution in [0.2, 0.25) is 5.02 Å².